The molecule has 0 aliphatic carbocycles. The Morgan fingerprint density at radius 1 is 1.50 bits per heavy atom. The molecule has 0 aliphatic rings. The van der Waals surface area contributed by atoms with Crippen molar-refractivity contribution in [1.82, 2.24) is 0 Å². The predicted molar refractivity (Wildman–Crippen MR) is 60.9 cm³/mol. The number of hydrogen-bond donors (Lipinski definition) is 0. The van der Waals surface area contributed by atoms with Gasteiger partial charge in [-0.2, -0.15) is 5.26 Å². The van der Waals surface area contributed by atoms with Crippen molar-refractivity contribution in [1.29, 1.82) is 5.26 Å². The lowest BCUT2D eigenvalue weighted by molar-refractivity contribution is 1.30. The molecule has 14 heavy (non-hydrogen) atoms. The molecule has 1 aromatic heterocycles. The average molecular weight is 222 g/mol. The van der Waals surface area contributed by atoms with Gasteiger partial charge < -0.3 is 0 Å². The normalized spacial score (nSPS) is 10.4. The fourth-order valence-electron chi connectivity index (χ4n) is 1.50. The van der Waals surface area contributed by atoms with Gasteiger partial charge in [-0.15, -0.1) is 11.3 Å². The maximum atomic E-state index is 8.66. The molecule has 0 N–H and O–H groups in total. The second-order valence-corrected chi connectivity index (χ2v) is 4.51. The van der Waals surface area contributed by atoms with Crippen LogP contribution in [0.4, 0.5) is 0 Å². The molecular formula is C11H8ClNS. The van der Waals surface area contributed by atoms with E-state index in [1.54, 1.807) is 11.3 Å². The molecule has 3 heteroatoms. The first-order valence-corrected chi connectivity index (χ1v) is 5.51. The summed E-state index contributed by atoms with van der Waals surface area (Å²) in [6, 6.07) is 6.21. The van der Waals surface area contributed by atoms with Crippen LogP contribution in [0.25, 0.3) is 10.1 Å². The van der Waals surface area contributed by atoms with Crippen molar-refractivity contribution in [3.05, 3.63) is 33.7 Å². The van der Waals surface area contributed by atoms with Gasteiger partial charge in [0.1, 0.15) is 0 Å². The van der Waals surface area contributed by atoms with E-state index >= 15 is 0 Å². The molecule has 0 bridgehead atoms. The zero-order chi connectivity index (χ0) is 10.1. The molecule has 0 amide bonds. The average Bonchev–Trinajstić information content (AvgIpc) is 2.49. The minimum atomic E-state index is 0.458. The fourth-order valence-corrected chi connectivity index (χ4v) is 2.87. The maximum absolute atomic E-state index is 8.66. The van der Waals surface area contributed by atoms with E-state index in [1.807, 2.05) is 18.4 Å². The van der Waals surface area contributed by atoms with E-state index in [1.165, 1.54) is 0 Å². The van der Waals surface area contributed by atoms with E-state index in [0.29, 0.717) is 6.42 Å². The van der Waals surface area contributed by atoms with Crippen molar-refractivity contribution in [3.63, 3.8) is 0 Å². The number of nitriles is 1. The van der Waals surface area contributed by atoms with Crippen LogP contribution in [0.5, 0.6) is 0 Å². The van der Waals surface area contributed by atoms with Crippen molar-refractivity contribution >= 4 is 33.0 Å². The van der Waals surface area contributed by atoms with Crippen LogP contribution in [0.3, 0.4) is 0 Å². The van der Waals surface area contributed by atoms with E-state index in [9.17, 15) is 0 Å². The Bertz CT molecular complexity index is 522. The summed E-state index contributed by atoms with van der Waals surface area (Å²) in [5, 5.41) is 12.6. The first-order chi connectivity index (χ1) is 6.72. The Labute approximate surface area is 91.5 Å². The number of hydrogen-bond acceptors (Lipinski definition) is 2. The number of rotatable bonds is 1. The van der Waals surface area contributed by atoms with Crippen molar-refractivity contribution in [2.45, 2.75) is 13.3 Å². The van der Waals surface area contributed by atoms with Crippen LogP contribution < -0.4 is 0 Å². The summed E-state index contributed by atoms with van der Waals surface area (Å²) in [6.07, 6.45) is 0.458. The number of aryl methyl sites for hydroxylation is 1. The van der Waals surface area contributed by atoms with Crippen molar-refractivity contribution in [2.75, 3.05) is 0 Å². The molecule has 1 nitrogen and oxygen atoms in total. The molecular weight excluding hydrogens is 214 g/mol. The molecule has 2 aromatic rings. The van der Waals surface area contributed by atoms with Crippen molar-refractivity contribution in [2.24, 2.45) is 0 Å². The summed E-state index contributed by atoms with van der Waals surface area (Å²) < 4.78 is 1.09. The van der Waals surface area contributed by atoms with E-state index in [2.05, 4.69) is 12.1 Å². The maximum Gasteiger partial charge on any atom is 0.0670 e. The molecule has 0 saturated heterocycles. The number of halogens is 1. The molecule has 1 aromatic carbocycles. The minimum Gasteiger partial charge on any atom is -0.198 e. The molecule has 0 unspecified atom stereocenters. The van der Waals surface area contributed by atoms with Gasteiger partial charge in [0.15, 0.2) is 0 Å². The van der Waals surface area contributed by atoms with Crippen LogP contribution in [0, 0.1) is 18.3 Å². The largest absolute Gasteiger partial charge is 0.198 e. The summed E-state index contributed by atoms with van der Waals surface area (Å²) in [4.78, 5) is 0. The van der Waals surface area contributed by atoms with Crippen LogP contribution in [0.1, 0.15) is 11.1 Å². The molecule has 2 rings (SSSR count). The Balaban J connectivity index is 2.73. The summed E-state index contributed by atoms with van der Waals surface area (Å²) in [5.41, 5.74) is 2.22. The highest BCUT2D eigenvalue weighted by atomic mass is 35.5. The van der Waals surface area contributed by atoms with Gasteiger partial charge in [0.2, 0.25) is 0 Å². The van der Waals surface area contributed by atoms with Gasteiger partial charge in [-0.3, -0.25) is 0 Å². The number of nitrogens with zero attached hydrogens (tertiary/aromatic N) is 1. The fraction of sp³-hybridized carbons (Fsp3) is 0.182. The van der Waals surface area contributed by atoms with Crippen molar-refractivity contribution < 1.29 is 0 Å². The lowest BCUT2D eigenvalue weighted by atomic mass is 10.1. The molecule has 0 saturated carbocycles. The SMILES string of the molecule is Cc1cc(Cl)c2scc(CC#N)c2c1. The monoisotopic (exact) mass is 221 g/mol. The number of thiophene rings is 1. The van der Waals surface area contributed by atoms with Gasteiger partial charge in [0.05, 0.1) is 22.2 Å². The minimum absolute atomic E-state index is 0.458. The summed E-state index contributed by atoms with van der Waals surface area (Å²) in [7, 11) is 0. The second kappa shape index (κ2) is 3.61. The Hall–Kier alpha value is -1.04. The third-order valence-corrected chi connectivity index (χ3v) is 3.61. The third kappa shape index (κ3) is 1.50. The standard InChI is InChI=1S/C11H8ClNS/c1-7-4-9-8(2-3-13)6-14-11(9)10(12)5-7/h4-6H,2H2,1H3. The molecule has 0 spiro atoms. The van der Waals surface area contributed by atoms with E-state index in [4.69, 9.17) is 16.9 Å². The Morgan fingerprint density at radius 2 is 2.29 bits per heavy atom. The van der Waals surface area contributed by atoms with Gasteiger partial charge in [-0.05, 0) is 34.9 Å². The van der Waals surface area contributed by atoms with Crippen LogP contribution in [0.15, 0.2) is 17.5 Å². The molecule has 70 valence electrons. The van der Waals surface area contributed by atoms with Gasteiger partial charge in [-0.1, -0.05) is 17.7 Å². The topological polar surface area (TPSA) is 23.8 Å². The van der Waals surface area contributed by atoms with Crippen LogP contribution in [0.2, 0.25) is 5.02 Å². The van der Waals surface area contributed by atoms with Gasteiger partial charge in [-0.25, -0.2) is 0 Å². The lowest BCUT2D eigenvalue weighted by Crippen LogP contribution is -1.79. The van der Waals surface area contributed by atoms with E-state index in [-0.39, 0.29) is 0 Å². The number of fused-ring (bicyclic) bond motifs is 1. The first-order valence-electron chi connectivity index (χ1n) is 4.25. The summed E-state index contributed by atoms with van der Waals surface area (Å²) >= 11 is 7.71. The molecule has 0 aliphatic heterocycles. The van der Waals surface area contributed by atoms with Crippen LogP contribution >= 0.6 is 22.9 Å². The smallest absolute Gasteiger partial charge is 0.0670 e. The van der Waals surface area contributed by atoms with E-state index < -0.39 is 0 Å². The Morgan fingerprint density at radius 3 is 3.00 bits per heavy atom. The molecule has 0 radical (unpaired) electrons. The van der Waals surface area contributed by atoms with Gasteiger partial charge in [0, 0.05) is 0 Å². The van der Waals surface area contributed by atoms with Gasteiger partial charge >= 0.3 is 0 Å². The quantitative estimate of drug-likeness (QED) is 0.716. The van der Waals surface area contributed by atoms with Crippen molar-refractivity contribution in [3.8, 4) is 6.07 Å². The number of benzene rings is 1. The highest BCUT2D eigenvalue weighted by molar-refractivity contribution is 7.18. The zero-order valence-electron chi connectivity index (χ0n) is 7.67. The highest BCUT2D eigenvalue weighted by Crippen LogP contribution is 2.33. The Kier molecular flexibility index (Phi) is 2.45. The van der Waals surface area contributed by atoms with Gasteiger partial charge in [0.25, 0.3) is 0 Å². The summed E-state index contributed by atoms with van der Waals surface area (Å²) in [6.45, 7) is 2.01. The lowest BCUT2D eigenvalue weighted by Gasteiger charge is -1.98. The second-order valence-electron chi connectivity index (χ2n) is 3.22. The highest BCUT2D eigenvalue weighted by Gasteiger charge is 2.07. The van der Waals surface area contributed by atoms with Crippen LogP contribution in [-0.4, -0.2) is 0 Å². The predicted octanol–water partition coefficient (Wildman–Crippen LogP) is 3.93. The zero-order valence-corrected chi connectivity index (χ0v) is 9.25. The molecule has 0 atom stereocenters. The van der Waals surface area contributed by atoms with E-state index in [0.717, 1.165) is 26.2 Å². The summed E-state index contributed by atoms with van der Waals surface area (Å²) in [5.74, 6) is 0. The first kappa shape index (κ1) is 9.51. The molecule has 1 heterocycles. The van der Waals surface area contributed by atoms with Crippen LogP contribution in [-0.2, 0) is 6.42 Å². The third-order valence-electron chi connectivity index (χ3n) is 2.12. The molecule has 0 fully saturated rings.